The van der Waals surface area contributed by atoms with Gasteiger partial charge in [0.05, 0.1) is 10.0 Å². The van der Waals surface area contributed by atoms with Crippen molar-refractivity contribution in [2.75, 3.05) is 5.73 Å². The molecule has 0 radical (unpaired) electrons. The highest BCUT2D eigenvalue weighted by molar-refractivity contribution is 9.10. The lowest BCUT2D eigenvalue weighted by molar-refractivity contribution is -0.140. The lowest BCUT2D eigenvalue weighted by Crippen LogP contribution is -2.13. The normalized spacial score (nSPS) is 12.2. The molecule has 0 bridgehead atoms. The molecule has 1 aromatic rings. The number of nitrogens with zero attached hydrogens (tertiary/aromatic N) is 1. The summed E-state index contributed by atoms with van der Waals surface area (Å²) in [6, 6.07) is 0. The van der Waals surface area contributed by atoms with Gasteiger partial charge in [-0.25, -0.2) is 13.8 Å². The molecule has 0 fully saturated rings. The number of hydrogen-bond donors (Lipinski definition) is 1. The van der Waals surface area contributed by atoms with Crippen molar-refractivity contribution in [2.24, 2.45) is 0 Å². The van der Waals surface area contributed by atoms with Crippen molar-refractivity contribution in [3.63, 3.8) is 0 Å². The van der Waals surface area contributed by atoms with E-state index in [0.29, 0.717) is 6.20 Å². The number of rotatable bonds is 1. The van der Waals surface area contributed by atoms with E-state index < -0.39 is 34.0 Å². The van der Waals surface area contributed by atoms with E-state index in [2.05, 4.69) is 20.9 Å². The van der Waals surface area contributed by atoms with Gasteiger partial charge in [-0.1, -0.05) is 0 Å². The number of halogens is 6. The topological polar surface area (TPSA) is 38.9 Å². The number of nitrogens with two attached hydrogens (primary N) is 1. The zero-order valence-corrected chi connectivity index (χ0v) is 8.53. The van der Waals surface area contributed by atoms with Gasteiger partial charge in [-0.2, -0.15) is 13.2 Å². The lowest BCUT2D eigenvalue weighted by Gasteiger charge is -2.14. The highest BCUT2D eigenvalue weighted by Gasteiger charge is 2.39. The van der Waals surface area contributed by atoms with Gasteiger partial charge in [0.25, 0.3) is 6.43 Å². The van der Waals surface area contributed by atoms with Gasteiger partial charge in [-0.15, -0.1) is 0 Å². The van der Waals surface area contributed by atoms with Crippen LogP contribution < -0.4 is 5.73 Å². The van der Waals surface area contributed by atoms with Crippen molar-refractivity contribution in [3.05, 3.63) is 21.8 Å². The molecule has 0 aromatic carbocycles. The molecule has 0 unspecified atom stereocenters. The first-order valence-corrected chi connectivity index (χ1v) is 4.33. The summed E-state index contributed by atoms with van der Waals surface area (Å²) in [6.07, 6.45) is -7.74. The molecular weight excluding hydrogens is 287 g/mol. The minimum atomic E-state index is -4.90. The maximum Gasteiger partial charge on any atom is 0.418 e. The maximum atomic E-state index is 12.4. The van der Waals surface area contributed by atoms with Crippen molar-refractivity contribution in [1.29, 1.82) is 0 Å². The van der Waals surface area contributed by atoms with E-state index in [1.54, 1.807) is 0 Å². The van der Waals surface area contributed by atoms with Crippen LogP contribution in [0.25, 0.3) is 0 Å². The van der Waals surface area contributed by atoms with E-state index in [0.717, 1.165) is 0 Å². The van der Waals surface area contributed by atoms with Crippen LogP contribution in [0.1, 0.15) is 17.6 Å². The van der Waals surface area contributed by atoms with Crippen LogP contribution in [0.3, 0.4) is 0 Å². The fraction of sp³-hybridized carbons (Fsp3) is 0.286. The molecule has 0 spiro atoms. The van der Waals surface area contributed by atoms with Crippen LogP contribution in [-0.2, 0) is 6.18 Å². The van der Waals surface area contributed by atoms with Crippen molar-refractivity contribution < 1.29 is 22.0 Å². The molecule has 1 rings (SSSR count). The summed E-state index contributed by atoms with van der Waals surface area (Å²) in [7, 11) is 0. The Balaban J connectivity index is 3.49. The standard InChI is InChI=1S/C7H4BrF5N2/c8-4-3(7(11,12)13)2(5(9)10)1-15-6(4)14/h1,5H,(H2,14,15). The van der Waals surface area contributed by atoms with Gasteiger partial charge in [0.1, 0.15) is 5.82 Å². The van der Waals surface area contributed by atoms with E-state index in [1.165, 1.54) is 0 Å². The number of aromatic nitrogens is 1. The van der Waals surface area contributed by atoms with Gasteiger partial charge in [0.15, 0.2) is 0 Å². The summed E-state index contributed by atoms with van der Waals surface area (Å²) >= 11 is 2.49. The third kappa shape index (κ3) is 2.36. The fourth-order valence-corrected chi connectivity index (χ4v) is 1.52. The molecule has 2 N–H and O–H groups in total. The van der Waals surface area contributed by atoms with Crippen molar-refractivity contribution in [1.82, 2.24) is 4.98 Å². The number of nitrogen functional groups attached to an aromatic ring is 1. The third-order valence-electron chi connectivity index (χ3n) is 1.59. The average molecular weight is 291 g/mol. The molecule has 0 atom stereocenters. The van der Waals surface area contributed by atoms with Crippen LogP contribution in [0.5, 0.6) is 0 Å². The van der Waals surface area contributed by atoms with Gasteiger partial charge >= 0.3 is 6.18 Å². The molecule has 0 saturated carbocycles. The molecule has 0 aliphatic heterocycles. The zero-order chi connectivity index (χ0) is 11.8. The zero-order valence-electron chi connectivity index (χ0n) is 6.95. The molecule has 0 amide bonds. The summed E-state index contributed by atoms with van der Waals surface area (Å²) in [6.45, 7) is 0. The molecule has 0 aliphatic rings. The minimum Gasteiger partial charge on any atom is -0.383 e. The quantitative estimate of drug-likeness (QED) is 0.805. The second-order valence-electron chi connectivity index (χ2n) is 2.59. The molecule has 84 valence electrons. The number of hydrogen-bond acceptors (Lipinski definition) is 2. The second-order valence-corrected chi connectivity index (χ2v) is 3.38. The lowest BCUT2D eigenvalue weighted by atomic mass is 10.1. The molecule has 2 nitrogen and oxygen atoms in total. The van der Waals surface area contributed by atoms with Gasteiger partial charge in [-0.05, 0) is 15.9 Å². The van der Waals surface area contributed by atoms with E-state index in [4.69, 9.17) is 5.73 Å². The Kier molecular flexibility index (Phi) is 3.17. The van der Waals surface area contributed by atoms with Crippen LogP contribution in [0.15, 0.2) is 10.7 Å². The molecule has 0 aliphatic carbocycles. The second kappa shape index (κ2) is 3.92. The van der Waals surface area contributed by atoms with Crippen molar-refractivity contribution in [2.45, 2.75) is 12.6 Å². The molecular formula is C7H4BrF5N2. The largest absolute Gasteiger partial charge is 0.418 e. The molecule has 1 aromatic heterocycles. The SMILES string of the molecule is Nc1ncc(C(F)F)c(C(F)(F)F)c1Br. The minimum absolute atomic E-state index is 0.424. The Morgan fingerprint density at radius 1 is 1.33 bits per heavy atom. The monoisotopic (exact) mass is 290 g/mol. The van der Waals surface area contributed by atoms with Crippen LogP contribution in [0.2, 0.25) is 0 Å². The molecule has 15 heavy (non-hydrogen) atoms. The van der Waals surface area contributed by atoms with E-state index in [9.17, 15) is 22.0 Å². The maximum absolute atomic E-state index is 12.4. The summed E-state index contributed by atoms with van der Waals surface area (Å²) in [5, 5.41) is 0. The Labute approximate surface area is 89.4 Å². The average Bonchev–Trinajstić information content (AvgIpc) is 2.06. The van der Waals surface area contributed by atoms with E-state index in [1.807, 2.05) is 0 Å². The van der Waals surface area contributed by atoms with Gasteiger partial charge in [-0.3, -0.25) is 0 Å². The van der Waals surface area contributed by atoms with Crippen LogP contribution in [-0.4, -0.2) is 4.98 Å². The van der Waals surface area contributed by atoms with Crippen LogP contribution in [0.4, 0.5) is 27.8 Å². The van der Waals surface area contributed by atoms with Crippen LogP contribution >= 0.6 is 15.9 Å². The van der Waals surface area contributed by atoms with E-state index >= 15 is 0 Å². The number of anilines is 1. The predicted molar refractivity (Wildman–Crippen MR) is 46.3 cm³/mol. The summed E-state index contributed by atoms with van der Waals surface area (Å²) < 4.78 is 61.1. The van der Waals surface area contributed by atoms with Crippen molar-refractivity contribution in [3.8, 4) is 0 Å². The van der Waals surface area contributed by atoms with Crippen LogP contribution in [0, 0.1) is 0 Å². The van der Waals surface area contributed by atoms with Gasteiger partial charge < -0.3 is 5.73 Å². The Hall–Kier alpha value is -0.920. The van der Waals surface area contributed by atoms with Gasteiger partial charge in [0.2, 0.25) is 0 Å². The summed E-state index contributed by atoms with van der Waals surface area (Å²) in [5.74, 6) is -0.480. The summed E-state index contributed by atoms with van der Waals surface area (Å²) in [5.41, 5.74) is 2.41. The van der Waals surface area contributed by atoms with Gasteiger partial charge in [0, 0.05) is 11.8 Å². The van der Waals surface area contributed by atoms with E-state index in [-0.39, 0.29) is 0 Å². The Bertz CT molecular complexity index is 376. The third-order valence-corrected chi connectivity index (χ3v) is 2.40. The highest BCUT2D eigenvalue weighted by Crippen LogP contribution is 2.42. The molecule has 8 heteroatoms. The highest BCUT2D eigenvalue weighted by atomic mass is 79.9. The Morgan fingerprint density at radius 2 is 1.87 bits per heavy atom. The first kappa shape index (κ1) is 12.2. The first-order valence-electron chi connectivity index (χ1n) is 3.54. The fourth-order valence-electron chi connectivity index (χ4n) is 0.969. The van der Waals surface area contributed by atoms with Crippen molar-refractivity contribution >= 4 is 21.7 Å². The summed E-state index contributed by atoms with van der Waals surface area (Å²) in [4.78, 5) is 3.22. The predicted octanol–water partition coefficient (Wildman–Crippen LogP) is 3.38. The molecule has 0 saturated heterocycles. The molecule has 1 heterocycles. The number of alkyl halides is 5. The smallest absolute Gasteiger partial charge is 0.383 e. The Morgan fingerprint density at radius 3 is 2.27 bits per heavy atom. The number of pyridine rings is 1. The first-order chi connectivity index (χ1) is 6.75.